The molecule has 0 aliphatic rings. The highest BCUT2D eigenvalue weighted by molar-refractivity contribution is 5.76. The van der Waals surface area contributed by atoms with Crippen molar-refractivity contribution in [1.29, 1.82) is 0 Å². The number of fused-ring (bicyclic) bond motifs is 1. The fourth-order valence-electron chi connectivity index (χ4n) is 4.05. The molecule has 0 unspecified atom stereocenters. The predicted octanol–water partition coefficient (Wildman–Crippen LogP) is 8.04. The molecule has 2 rings (SSSR count). The van der Waals surface area contributed by atoms with Gasteiger partial charge in [-0.1, -0.05) is 78.1 Å². The second kappa shape index (κ2) is 13.8. The Morgan fingerprint density at radius 2 is 1.35 bits per heavy atom. The Kier molecular flexibility index (Phi) is 11.4. The van der Waals surface area contributed by atoms with Crippen molar-refractivity contribution in [2.45, 2.75) is 104 Å². The minimum absolute atomic E-state index is 0.561. The number of nitrogens with zero attached hydrogens (tertiary/aromatic N) is 3. The third kappa shape index (κ3) is 9.22. The van der Waals surface area contributed by atoms with Gasteiger partial charge in [0.1, 0.15) is 0 Å². The van der Waals surface area contributed by atoms with Gasteiger partial charge >= 0.3 is 6.18 Å². The van der Waals surface area contributed by atoms with Gasteiger partial charge < -0.3 is 4.57 Å². The molecule has 0 amide bonds. The van der Waals surface area contributed by atoms with E-state index in [2.05, 4.69) is 23.7 Å². The topological polar surface area (TPSA) is 21.1 Å². The first-order valence-electron chi connectivity index (χ1n) is 12.2. The maximum Gasteiger partial charge on any atom is 0.416 e. The Morgan fingerprint density at radius 3 is 1.90 bits per heavy atom. The highest BCUT2D eigenvalue weighted by Gasteiger charge is 2.30. The lowest BCUT2D eigenvalue weighted by Gasteiger charge is -2.23. The Bertz CT molecular complexity index is 723. The molecule has 3 nitrogen and oxygen atoms in total. The summed E-state index contributed by atoms with van der Waals surface area (Å²) in [7, 11) is 0. The number of benzene rings is 1. The molecule has 0 N–H and O–H groups in total. The van der Waals surface area contributed by atoms with Gasteiger partial charge in [0, 0.05) is 0 Å². The largest absolute Gasteiger partial charge is 0.416 e. The van der Waals surface area contributed by atoms with Crippen LogP contribution in [-0.2, 0) is 12.8 Å². The van der Waals surface area contributed by atoms with Gasteiger partial charge in [-0.05, 0) is 44.1 Å². The molecule has 1 aromatic heterocycles. The maximum absolute atomic E-state index is 13.2. The van der Waals surface area contributed by atoms with Crippen molar-refractivity contribution in [3.63, 3.8) is 0 Å². The average molecular weight is 440 g/mol. The number of rotatable bonds is 16. The van der Waals surface area contributed by atoms with Crippen molar-refractivity contribution in [1.82, 2.24) is 14.5 Å². The van der Waals surface area contributed by atoms with Crippen LogP contribution >= 0.6 is 0 Å². The summed E-state index contributed by atoms with van der Waals surface area (Å²) in [5.41, 5.74) is 0.568. The first-order chi connectivity index (χ1) is 15.0. The van der Waals surface area contributed by atoms with Gasteiger partial charge in [0.2, 0.25) is 0 Å². The Hall–Kier alpha value is -1.56. The molecule has 0 saturated heterocycles. The predicted molar refractivity (Wildman–Crippen MR) is 123 cm³/mol. The van der Waals surface area contributed by atoms with Crippen LogP contribution in [0, 0.1) is 0 Å². The van der Waals surface area contributed by atoms with Crippen molar-refractivity contribution >= 4 is 11.0 Å². The lowest BCUT2D eigenvalue weighted by atomic mass is 10.1. The van der Waals surface area contributed by atoms with E-state index in [1.807, 2.05) is 4.57 Å². The van der Waals surface area contributed by atoms with E-state index in [0.717, 1.165) is 32.0 Å². The summed E-state index contributed by atoms with van der Waals surface area (Å²) in [5, 5.41) is 0. The highest BCUT2D eigenvalue weighted by Crippen LogP contribution is 2.31. The molecule has 176 valence electrons. The minimum Gasteiger partial charge on any atom is -0.317 e. The monoisotopic (exact) mass is 439 g/mol. The molecule has 0 aliphatic carbocycles. The van der Waals surface area contributed by atoms with Gasteiger partial charge in [-0.15, -0.1) is 0 Å². The second-order valence-corrected chi connectivity index (χ2v) is 8.71. The van der Waals surface area contributed by atoms with E-state index < -0.39 is 11.7 Å². The van der Waals surface area contributed by atoms with E-state index >= 15 is 0 Å². The number of aromatic nitrogens is 2. The molecular formula is C25H40F3N3. The van der Waals surface area contributed by atoms with Gasteiger partial charge in [-0.25, -0.2) is 4.98 Å². The quantitative estimate of drug-likeness (QED) is 0.247. The van der Waals surface area contributed by atoms with Crippen LogP contribution in [0.4, 0.5) is 13.2 Å². The standard InChI is InChI=1S/C25H40F3N3/c1-3-5-7-9-11-13-17-30(18-14-12-10-8-6-4-2)21-31-20-29-23-16-15-22(19-24(23)31)25(26,27)28/h15-16,19-20H,3-14,17-18,21H2,1-2H3. The third-order valence-corrected chi connectivity index (χ3v) is 5.96. The van der Waals surface area contributed by atoms with Gasteiger partial charge in [-0.3, -0.25) is 4.90 Å². The second-order valence-electron chi connectivity index (χ2n) is 8.71. The van der Waals surface area contributed by atoms with Crippen LogP contribution in [0.5, 0.6) is 0 Å². The van der Waals surface area contributed by atoms with Crippen LogP contribution < -0.4 is 0 Å². The first-order valence-corrected chi connectivity index (χ1v) is 12.2. The molecule has 1 aromatic carbocycles. The van der Waals surface area contributed by atoms with Crippen LogP contribution in [0.3, 0.4) is 0 Å². The van der Waals surface area contributed by atoms with Crippen LogP contribution in [0.25, 0.3) is 11.0 Å². The van der Waals surface area contributed by atoms with E-state index in [1.54, 1.807) is 6.33 Å². The zero-order valence-corrected chi connectivity index (χ0v) is 19.4. The number of alkyl halides is 3. The first kappa shape index (κ1) is 25.7. The Labute approximate surface area is 186 Å². The summed E-state index contributed by atoms with van der Waals surface area (Å²) in [6, 6.07) is 3.82. The molecule has 0 aliphatic heterocycles. The summed E-state index contributed by atoms with van der Waals surface area (Å²) >= 11 is 0. The van der Waals surface area contributed by atoms with Crippen LogP contribution in [-0.4, -0.2) is 27.5 Å². The highest BCUT2D eigenvalue weighted by atomic mass is 19.4. The summed E-state index contributed by atoms with van der Waals surface area (Å²) < 4.78 is 41.4. The van der Waals surface area contributed by atoms with Crippen molar-refractivity contribution < 1.29 is 13.2 Å². The van der Waals surface area contributed by atoms with E-state index in [4.69, 9.17) is 0 Å². The van der Waals surface area contributed by atoms with Gasteiger partial charge in [0.15, 0.2) is 0 Å². The van der Waals surface area contributed by atoms with Crippen LogP contribution in [0.15, 0.2) is 24.5 Å². The van der Waals surface area contributed by atoms with Crippen molar-refractivity contribution in [3.05, 3.63) is 30.1 Å². The summed E-state index contributed by atoms with van der Waals surface area (Å²) in [4.78, 5) is 6.71. The lowest BCUT2D eigenvalue weighted by molar-refractivity contribution is -0.137. The van der Waals surface area contributed by atoms with E-state index in [9.17, 15) is 13.2 Å². The number of unbranched alkanes of at least 4 members (excludes halogenated alkanes) is 10. The van der Waals surface area contributed by atoms with E-state index in [0.29, 0.717) is 17.7 Å². The van der Waals surface area contributed by atoms with Crippen molar-refractivity contribution in [2.24, 2.45) is 0 Å². The Morgan fingerprint density at radius 1 is 0.806 bits per heavy atom. The van der Waals surface area contributed by atoms with Crippen molar-refractivity contribution in [2.75, 3.05) is 13.1 Å². The molecule has 0 spiro atoms. The molecule has 1 heterocycles. The molecule has 0 bridgehead atoms. The van der Waals surface area contributed by atoms with Gasteiger partial charge in [-0.2, -0.15) is 13.2 Å². The fraction of sp³-hybridized carbons (Fsp3) is 0.720. The molecule has 31 heavy (non-hydrogen) atoms. The van der Waals surface area contributed by atoms with E-state index in [-0.39, 0.29) is 0 Å². The van der Waals surface area contributed by atoms with Crippen LogP contribution in [0.1, 0.15) is 96.5 Å². The zero-order valence-electron chi connectivity index (χ0n) is 19.4. The maximum atomic E-state index is 13.2. The molecule has 2 aromatic rings. The average Bonchev–Trinajstić information content (AvgIpc) is 3.14. The summed E-state index contributed by atoms with van der Waals surface area (Å²) in [6.07, 6.45) is 12.3. The Balaban J connectivity index is 1.97. The number of hydrogen-bond donors (Lipinski definition) is 0. The van der Waals surface area contributed by atoms with E-state index in [1.165, 1.54) is 76.3 Å². The summed E-state index contributed by atoms with van der Waals surface area (Å²) in [6.45, 7) is 7.02. The molecule has 0 saturated carbocycles. The molecule has 0 radical (unpaired) electrons. The molecule has 6 heteroatoms. The van der Waals surface area contributed by atoms with Crippen molar-refractivity contribution in [3.8, 4) is 0 Å². The van der Waals surface area contributed by atoms with Crippen LogP contribution in [0.2, 0.25) is 0 Å². The fourth-order valence-corrected chi connectivity index (χ4v) is 4.05. The minimum atomic E-state index is -4.33. The zero-order chi connectivity index (χ0) is 22.5. The molecular weight excluding hydrogens is 399 g/mol. The molecule has 0 atom stereocenters. The van der Waals surface area contributed by atoms with Gasteiger partial charge in [0.25, 0.3) is 0 Å². The van der Waals surface area contributed by atoms with Gasteiger partial charge in [0.05, 0.1) is 29.6 Å². The number of hydrogen-bond acceptors (Lipinski definition) is 2. The third-order valence-electron chi connectivity index (χ3n) is 5.96. The summed E-state index contributed by atoms with van der Waals surface area (Å²) in [5.74, 6) is 0. The normalized spacial score (nSPS) is 12.3. The smallest absolute Gasteiger partial charge is 0.317 e. The lowest BCUT2D eigenvalue weighted by Crippen LogP contribution is -2.28. The SMILES string of the molecule is CCCCCCCCN(CCCCCCCC)Cn1cnc2ccc(C(F)(F)F)cc21. The molecule has 0 fully saturated rings. The number of imidazole rings is 1. The number of halogens is 3.